The standard InChI is InChI=1S/C12H16F2N2O/c1-2-5-15-6-7-16-12(17)10-8-9(13)3-4-11(10)14/h3-4,8,15H,2,5-7H2,1H3,(H,16,17). The van der Waals surface area contributed by atoms with Crippen molar-refractivity contribution in [3.05, 3.63) is 35.4 Å². The van der Waals surface area contributed by atoms with E-state index in [0.29, 0.717) is 13.1 Å². The van der Waals surface area contributed by atoms with Crippen LogP contribution in [0.15, 0.2) is 18.2 Å². The first kappa shape index (κ1) is 13.6. The van der Waals surface area contributed by atoms with Crippen molar-refractivity contribution in [2.24, 2.45) is 0 Å². The van der Waals surface area contributed by atoms with E-state index in [1.807, 2.05) is 6.92 Å². The minimum atomic E-state index is -0.717. The molecule has 0 saturated heterocycles. The Morgan fingerprint density at radius 3 is 2.71 bits per heavy atom. The van der Waals surface area contributed by atoms with Crippen LogP contribution in [-0.4, -0.2) is 25.5 Å². The maximum Gasteiger partial charge on any atom is 0.254 e. The number of benzene rings is 1. The maximum absolute atomic E-state index is 13.2. The number of nitrogens with one attached hydrogen (secondary N) is 2. The molecule has 1 aromatic carbocycles. The summed E-state index contributed by atoms with van der Waals surface area (Å²) in [7, 11) is 0. The molecule has 0 radical (unpaired) electrons. The van der Waals surface area contributed by atoms with Crippen LogP contribution in [-0.2, 0) is 0 Å². The minimum absolute atomic E-state index is 0.263. The molecule has 1 rings (SSSR count). The molecule has 0 saturated carbocycles. The zero-order chi connectivity index (χ0) is 12.7. The molecule has 2 N–H and O–H groups in total. The number of rotatable bonds is 6. The van der Waals surface area contributed by atoms with Crippen LogP contribution in [0.1, 0.15) is 23.7 Å². The van der Waals surface area contributed by atoms with Gasteiger partial charge in [-0.2, -0.15) is 0 Å². The van der Waals surface area contributed by atoms with Gasteiger partial charge in [0.05, 0.1) is 5.56 Å². The Morgan fingerprint density at radius 2 is 2.00 bits per heavy atom. The number of carbonyl (C=O) groups is 1. The van der Waals surface area contributed by atoms with Crippen LogP contribution in [0.3, 0.4) is 0 Å². The molecule has 0 aliphatic rings. The number of hydrogen-bond acceptors (Lipinski definition) is 2. The molecule has 0 aliphatic heterocycles. The van der Waals surface area contributed by atoms with Crippen molar-refractivity contribution < 1.29 is 13.6 Å². The van der Waals surface area contributed by atoms with Crippen LogP contribution in [0.2, 0.25) is 0 Å². The molecular formula is C12H16F2N2O. The lowest BCUT2D eigenvalue weighted by Gasteiger charge is -2.06. The van der Waals surface area contributed by atoms with Crippen LogP contribution in [0.25, 0.3) is 0 Å². The van der Waals surface area contributed by atoms with E-state index < -0.39 is 17.5 Å². The summed E-state index contributed by atoms with van der Waals surface area (Å²) in [5.74, 6) is -1.94. The first-order valence-corrected chi connectivity index (χ1v) is 5.59. The van der Waals surface area contributed by atoms with E-state index >= 15 is 0 Å². The van der Waals surface area contributed by atoms with Gasteiger partial charge in [0.25, 0.3) is 5.91 Å². The Morgan fingerprint density at radius 1 is 1.24 bits per heavy atom. The van der Waals surface area contributed by atoms with Crippen molar-refractivity contribution in [3.63, 3.8) is 0 Å². The van der Waals surface area contributed by atoms with Crippen molar-refractivity contribution in [2.45, 2.75) is 13.3 Å². The molecule has 0 bridgehead atoms. The third-order valence-electron chi connectivity index (χ3n) is 2.19. The number of amides is 1. The van der Waals surface area contributed by atoms with Gasteiger partial charge >= 0.3 is 0 Å². The molecule has 0 atom stereocenters. The third-order valence-corrected chi connectivity index (χ3v) is 2.19. The van der Waals surface area contributed by atoms with E-state index in [9.17, 15) is 13.6 Å². The second-order valence-electron chi connectivity index (χ2n) is 3.63. The van der Waals surface area contributed by atoms with Crippen LogP contribution in [0.4, 0.5) is 8.78 Å². The highest BCUT2D eigenvalue weighted by molar-refractivity contribution is 5.94. The van der Waals surface area contributed by atoms with Gasteiger partial charge < -0.3 is 10.6 Å². The summed E-state index contributed by atoms with van der Waals surface area (Å²) in [4.78, 5) is 11.5. The van der Waals surface area contributed by atoms with E-state index in [2.05, 4.69) is 10.6 Å². The average molecular weight is 242 g/mol. The average Bonchev–Trinajstić information content (AvgIpc) is 2.32. The summed E-state index contributed by atoms with van der Waals surface area (Å²) in [5, 5.41) is 5.60. The van der Waals surface area contributed by atoms with Gasteiger partial charge in [-0.25, -0.2) is 8.78 Å². The highest BCUT2D eigenvalue weighted by atomic mass is 19.1. The fraction of sp³-hybridized carbons (Fsp3) is 0.417. The zero-order valence-electron chi connectivity index (χ0n) is 9.72. The van der Waals surface area contributed by atoms with E-state index in [0.717, 1.165) is 31.2 Å². The monoisotopic (exact) mass is 242 g/mol. The summed E-state index contributed by atoms with van der Waals surface area (Å²) in [6.07, 6.45) is 1.01. The number of halogens is 2. The van der Waals surface area contributed by atoms with Gasteiger partial charge in [0.15, 0.2) is 0 Å². The van der Waals surface area contributed by atoms with Crippen molar-refractivity contribution in [1.29, 1.82) is 0 Å². The van der Waals surface area contributed by atoms with E-state index in [1.54, 1.807) is 0 Å². The molecule has 0 spiro atoms. The molecule has 0 fully saturated rings. The number of carbonyl (C=O) groups excluding carboxylic acids is 1. The van der Waals surface area contributed by atoms with Gasteiger partial charge in [0.2, 0.25) is 0 Å². The summed E-state index contributed by atoms with van der Waals surface area (Å²) in [6.45, 7) is 3.89. The zero-order valence-corrected chi connectivity index (χ0v) is 9.72. The lowest BCUT2D eigenvalue weighted by Crippen LogP contribution is -2.32. The van der Waals surface area contributed by atoms with E-state index in [1.165, 1.54) is 0 Å². The molecule has 94 valence electrons. The van der Waals surface area contributed by atoms with Gasteiger partial charge in [-0.3, -0.25) is 4.79 Å². The Bertz CT molecular complexity index is 383. The molecule has 0 unspecified atom stereocenters. The van der Waals surface area contributed by atoms with Crippen molar-refractivity contribution in [3.8, 4) is 0 Å². The Balaban J connectivity index is 2.44. The summed E-state index contributed by atoms with van der Waals surface area (Å²) >= 11 is 0. The summed E-state index contributed by atoms with van der Waals surface area (Å²) in [6, 6.07) is 2.82. The van der Waals surface area contributed by atoms with E-state index in [-0.39, 0.29) is 5.56 Å². The molecule has 1 amide bonds. The SMILES string of the molecule is CCCNCCNC(=O)c1cc(F)ccc1F. The molecule has 0 aliphatic carbocycles. The van der Waals surface area contributed by atoms with Gasteiger partial charge in [-0.05, 0) is 31.2 Å². The number of hydrogen-bond donors (Lipinski definition) is 2. The van der Waals surface area contributed by atoms with Gasteiger partial charge in [-0.1, -0.05) is 6.92 Å². The quantitative estimate of drug-likeness (QED) is 0.745. The Hall–Kier alpha value is -1.49. The molecular weight excluding hydrogens is 226 g/mol. The molecule has 3 nitrogen and oxygen atoms in total. The minimum Gasteiger partial charge on any atom is -0.351 e. The van der Waals surface area contributed by atoms with Crippen LogP contribution < -0.4 is 10.6 Å². The molecule has 5 heteroatoms. The predicted molar refractivity (Wildman–Crippen MR) is 61.9 cm³/mol. The highest BCUT2D eigenvalue weighted by Crippen LogP contribution is 2.09. The highest BCUT2D eigenvalue weighted by Gasteiger charge is 2.11. The van der Waals surface area contributed by atoms with Crippen molar-refractivity contribution in [2.75, 3.05) is 19.6 Å². The summed E-state index contributed by atoms with van der Waals surface area (Å²) in [5.41, 5.74) is -0.263. The maximum atomic E-state index is 13.2. The molecule has 0 aromatic heterocycles. The van der Waals surface area contributed by atoms with Crippen LogP contribution in [0.5, 0.6) is 0 Å². The lowest BCUT2D eigenvalue weighted by atomic mass is 10.2. The van der Waals surface area contributed by atoms with Gasteiger partial charge in [0, 0.05) is 13.1 Å². The summed E-state index contributed by atoms with van der Waals surface area (Å²) < 4.78 is 26.0. The smallest absolute Gasteiger partial charge is 0.254 e. The van der Waals surface area contributed by atoms with E-state index in [4.69, 9.17) is 0 Å². The second kappa shape index (κ2) is 6.96. The second-order valence-corrected chi connectivity index (χ2v) is 3.63. The van der Waals surface area contributed by atoms with Gasteiger partial charge in [-0.15, -0.1) is 0 Å². The fourth-order valence-electron chi connectivity index (χ4n) is 1.33. The first-order chi connectivity index (χ1) is 8.15. The van der Waals surface area contributed by atoms with Crippen molar-refractivity contribution in [1.82, 2.24) is 10.6 Å². The third kappa shape index (κ3) is 4.48. The normalized spacial score (nSPS) is 10.3. The first-order valence-electron chi connectivity index (χ1n) is 5.59. The Kier molecular flexibility index (Phi) is 5.56. The molecule has 0 heterocycles. The fourth-order valence-corrected chi connectivity index (χ4v) is 1.33. The van der Waals surface area contributed by atoms with Crippen LogP contribution in [0, 0.1) is 11.6 Å². The lowest BCUT2D eigenvalue weighted by molar-refractivity contribution is 0.0949. The largest absolute Gasteiger partial charge is 0.351 e. The molecule has 17 heavy (non-hydrogen) atoms. The van der Waals surface area contributed by atoms with Crippen LogP contribution >= 0.6 is 0 Å². The topological polar surface area (TPSA) is 41.1 Å². The predicted octanol–water partition coefficient (Wildman–Crippen LogP) is 1.69. The van der Waals surface area contributed by atoms with Gasteiger partial charge in [0.1, 0.15) is 11.6 Å². The Labute approximate surface area is 99.2 Å². The molecule has 1 aromatic rings. The van der Waals surface area contributed by atoms with Crippen molar-refractivity contribution >= 4 is 5.91 Å².